The predicted molar refractivity (Wildman–Crippen MR) is 102 cm³/mol. The number of halogens is 2. The van der Waals surface area contributed by atoms with Gasteiger partial charge in [0.05, 0.1) is 10.8 Å². The fourth-order valence-corrected chi connectivity index (χ4v) is 4.88. The number of hydrogen-bond donors (Lipinski definition) is 0. The number of piperidine rings is 1. The number of hydrogen-bond acceptors (Lipinski definition) is 5. The van der Waals surface area contributed by atoms with Crippen LogP contribution >= 0.6 is 11.6 Å². The third-order valence-electron chi connectivity index (χ3n) is 4.73. The molecule has 0 N–H and O–H groups in total. The van der Waals surface area contributed by atoms with Gasteiger partial charge in [-0.1, -0.05) is 16.8 Å². The minimum absolute atomic E-state index is 0.197. The van der Waals surface area contributed by atoms with Gasteiger partial charge in [0.25, 0.3) is 0 Å². The Balaban J connectivity index is 1.54. The van der Waals surface area contributed by atoms with Gasteiger partial charge in [-0.2, -0.15) is 9.29 Å². The highest BCUT2D eigenvalue weighted by Gasteiger charge is 2.33. The first-order chi connectivity index (χ1) is 13.4. The molecule has 1 saturated heterocycles. The van der Waals surface area contributed by atoms with E-state index in [0.29, 0.717) is 35.3 Å². The van der Waals surface area contributed by atoms with Gasteiger partial charge >= 0.3 is 0 Å². The summed E-state index contributed by atoms with van der Waals surface area (Å²) >= 11 is 5.86. The molecule has 1 atom stereocenters. The second kappa shape index (κ2) is 7.62. The summed E-state index contributed by atoms with van der Waals surface area (Å²) in [5.74, 6) is 0.198. The zero-order valence-corrected chi connectivity index (χ0v) is 16.3. The zero-order valence-electron chi connectivity index (χ0n) is 14.8. The van der Waals surface area contributed by atoms with E-state index in [0.717, 1.165) is 6.42 Å². The van der Waals surface area contributed by atoms with Crippen molar-refractivity contribution in [3.05, 3.63) is 65.3 Å². The van der Waals surface area contributed by atoms with Crippen molar-refractivity contribution in [3.63, 3.8) is 0 Å². The Labute approximate surface area is 167 Å². The van der Waals surface area contributed by atoms with Gasteiger partial charge in [-0.15, -0.1) is 0 Å². The van der Waals surface area contributed by atoms with Crippen LogP contribution in [0.5, 0.6) is 0 Å². The number of aromatic nitrogens is 2. The van der Waals surface area contributed by atoms with Gasteiger partial charge in [0, 0.05) is 23.7 Å². The first-order valence-electron chi connectivity index (χ1n) is 8.79. The Bertz CT molecular complexity index is 1070. The molecule has 4 rings (SSSR count). The van der Waals surface area contributed by atoms with Gasteiger partial charge in [-0.05, 0) is 61.4 Å². The van der Waals surface area contributed by atoms with E-state index >= 15 is 0 Å². The lowest BCUT2D eigenvalue weighted by Gasteiger charge is -2.30. The van der Waals surface area contributed by atoms with Crippen LogP contribution in [0.15, 0.2) is 57.9 Å². The fraction of sp³-hybridized carbons (Fsp3) is 0.263. The molecule has 1 fully saturated rings. The van der Waals surface area contributed by atoms with E-state index in [2.05, 4.69) is 10.1 Å². The SMILES string of the molecule is O=S(=O)(c1ccc(Cl)cc1)N1CCC[C@H](c2nc(-c3ccc(F)cc3)no2)C1. The smallest absolute Gasteiger partial charge is 0.243 e. The molecule has 1 aliphatic heterocycles. The summed E-state index contributed by atoms with van der Waals surface area (Å²) in [6.07, 6.45) is 1.43. The molecule has 2 aromatic carbocycles. The zero-order chi connectivity index (χ0) is 19.7. The lowest BCUT2D eigenvalue weighted by molar-refractivity contribution is 0.265. The van der Waals surface area contributed by atoms with Crippen LogP contribution in [0, 0.1) is 5.82 Å². The lowest BCUT2D eigenvalue weighted by Crippen LogP contribution is -2.39. The van der Waals surface area contributed by atoms with Crippen LogP contribution in [0.4, 0.5) is 4.39 Å². The highest BCUT2D eigenvalue weighted by Crippen LogP contribution is 2.31. The number of nitrogens with zero attached hydrogens (tertiary/aromatic N) is 3. The van der Waals surface area contributed by atoms with Gasteiger partial charge < -0.3 is 4.52 Å². The van der Waals surface area contributed by atoms with Crippen LogP contribution in [0.25, 0.3) is 11.4 Å². The van der Waals surface area contributed by atoms with Crippen molar-refractivity contribution in [1.82, 2.24) is 14.4 Å². The quantitative estimate of drug-likeness (QED) is 0.634. The average Bonchev–Trinajstić information content (AvgIpc) is 3.19. The maximum atomic E-state index is 13.1. The maximum Gasteiger partial charge on any atom is 0.243 e. The molecule has 1 aliphatic rings. The summed E-state index contributed by atoms with van der Waals surface area (Å²) < 4.78 is 45.7. The minimum Gasteiger partial charge on any atom is -0.339 e. The van der Waals surface area contributed by atoms with Crippen molar-refractivity contribution in [1.29, 1.82) is 0 Å². The Morgan fingerprint density at radius 2 is 1.82 bits per heavy atom. The number of sulfonamides is 1. The van der Waals surface area contributed by atoms with Crippen LogP contribution in [0.2, 0.25) is 5.02 Å². The molecule has 2 heterocycles. The fourth-order valence-electron chi connectivity index (χ4n) is 3.24. The normalized spacial score (nSPS) is 18.3. The predicted octanol–water partition coefficient (Wildman–Crippen LogP) is 4.10. The van der Waals surface area contributed by atoms with Crippen molar-refractivity contribution in [3.8, 4) is 11.4 Å². The van der Waals surface area contributed by atoms with Crippen LogP contribution in [0.1, 0.15) is 24.7 Å². The van der Waals surface area contributed by atoms with E-state index in [4.69, 9.17) is 16.1 Å². The summed E-state index contributed by atoms with van der Waals surface area (Å²) in [5, 5.41) is 4.44. The number of benzene rings is 2. The molecule has 0 radical (unpaired) electrons. The molecule has 0 unspecified atom stereocenters. The average molecular weight is 422 g/mol. The molecule has 0 amide bonds. The molecule has 9 heteroatoms. The molecule has 28 heavy (non-hydrogen) atoms. The number of rotatable bonds is 4. The summed E-state index contributed by atoms with van der Waals surface area (Å²) in [5.41, 5.74) is 0.637. The molecule has 1 aromatic heterocycles. The molecule has 0 spiro atoms. The minimum atomic E-state index is -3.63. The highest BCUT2D eigenvalue weighted by atomic mass is 35.5. The maximum absolute atomic E-state index is 13.1. The lowest BCUT2D eigenvalue weighted by atomic mass is 10.00. The van der Waals surface area contributed by atoms with Gasteiger partial charge in [0.15, 0.2) is 0 Å². The van der Waals surface area contributed by atoms with Crippen LogP contribution in [-0.4, -0.2) is 36.0 Å². The molecule has 146 valence electrons. The molecule has 6 nitrogen and oxygen atoms in total. The van der Waals surface area contributed by atoms with Crippen LogP contribution in [0.3, 0.4) is 0 Å². The molecular weight excluding hydrogens is 405 g/mol. The Morgan fingerprint density at radius 1 is 1.11 bits per heavy atom. The molecule has 0 saturated carbocycles. The Kier molecular flexibility index (Phi) is 5.18. The van der Waals surface area contributed by atoms with E-state index < -0.39 is 10.0 Å². The van der Waals surface area contributed by atoms with Crippen LogP contribution < -0.4 is 0 Å². The highest BCUT2D eigenvalue weighted by molar-refractivity contribution is 7.89. The van der Waals surface area contributed by atoms with Gasteiger partial charge in [0.1, 0.15) is 5.82 Å². The van der Waals surface area contributed by atoms with E-state index in [9.17, 15) is 12.8 Å². The van der Waals surface area contributed by atoms with Crippen molar-refractivity contribution in [2.24, 2.45) is 0 Å². The van der Waals surface area contributed by atoms with Gasteiger partial charge in [-0.3, -0.25) is 0 Å². The van der Waals surface area contributed by atoms with E-state index in [1.165, 1.54) is 28.6 Å². The summed E-state index contributed by atoms with van der Waals surface area (Å²) in [7, 11) is -3.63. The Hall–Kier alpha value is -2.29. The topological polar surface area (TPSA) is 76.3 Å². The third kappa shape index (κ3) is 3.80. The second-order valence-electron chi connectivity index (χ2n) is 6.62. The monoisotopic (exact) mass is 421 g/mol. The summed E-state index contributed by atoms with van der Waals surface area (Å²) in [6.45, 7) is 0.691. The van der Waals surface area contributed by atoms with Gasteiger partial charge in [-0.25, -0.2) is 12.8 Å². The van der Waals surface area contributed by atoms with Crippen molar-refractivity contribution in [2.45, 2.75) is 23.7 Å². The van der Waals surface area contributed by atoms with E-state index in [1.807, 2.05) is 0 Å². The second-order valence-corrected chi connectivity index (χ2v) is 8.99. The molecule has 0 aliphatic carbocycles. The van der Waals surface area contributed by atoms with Crippen molar-refractivity contribution < 1.29 is 17.3 Å². The standard InChI is InChI=1S/C19H17ClFN3O3S/c20-15-5-9-17(10-6-15)28(25,26)24-11-1-2-14(12-24)19-22-18(23-27-19)13-3-7-16(21)8-4-13/h3-10,14H,1-2,11-12H2/t14-/m0/s1. The van der Waals surface area contributed by atoms with E-state index in [1.54, 1.807) is 24.3 Å². The van der Waals surface area contributed by atoms with E-state index in [-0.39, 0.29) is 23.2 Å². The third-order valence-corrected chi connectivity index (χ3v) is 6.86. The Morgan fingerprint density at radius 3 is 2.54 bits per heavy atom. The first kappa shape index (κ1) is 19.0. The molecule has 0 bridgehead atoms. The molecular formula is C19H17ClFN3O3S. The largest absolute Gasteiger partial charge is 0.339 e. The van der Waals surface area contributed by atoms with Crippen molar-refractivity contribution in [2.75, 3.05) is 13.1 Å². The van der Waals surface area contributed by atoms with Crippen molar-refractivity contribution >= 4 is 21.6 Å². The van der Waals surface area contributed by atoms with Crippen LogP contribution in [-0.2, 0) is 10.0 Å². The summed E-state index contributed by atoms with van der Waals surface area (Å²) in [6, 6.07) is 11.9. The summed E-state index contributed by atoms with van der Waals surface area (Å²) in [4.78, 5) is 4.60. The first-order valence-corrected chi connectivity index (χ1v) is 10.6. The van der Waals surface area contributed by atoms with Gasteiger partial charge in [0.2, 0.25) is 21.7 Å². The molecule has 3 aromatic rings.